The van der Waals surface area contributed by atoms with Crippen molar-refractivity contribution in [2.24, 2.45) is 0 Å². The van der Waals surface area contributed by atoms with Crippen molar-refractivity contribution in [3.8, 4) is 5.19 Å². The van der Waals surface area contributed by atoms with Gasteiger partial charge in [-0.1, -0.05) is 47.2 Å². The Morgan fingerprint density at radius 3 is 2.86 bits per heavy atom. The highest BCUT2D eigenvalue weighted by Gasteiger charge is 2.25. The summed E-state index contributed by atoms with van der Waals surface area (Å²) in [6.45, 7) is 1.41. The molecule has 0 aliphatic carbocycles. The van der Waals surface area contributed by atoms with Gasteiger partial charge in [0, 0.05) is 43.0 Å². The number of nitrogens with one attached hydrogen (secondary N) is 1. The van der Waals surface area contributed by atoms with E-state index in [0.29, 0.717) is 29.7 Å². The zero-order valence-corrected chi connectivity index (χ0v) is 17.3. The molecule has 5 nitrogen and oxygen atoms in total. The lowest BCUT2D eigenvalue weighted by Crippen LogP contribution is -2.42. The second kappa shape index (κ2) is 7.69. The Balaban J connectivity index is 1.19. The number of thiazole rings is 1. The van der Waals surface area contributed by atoms with Gasteiger partial charge in [0.05, 0.1) is 16.1 Å². The highest BCUT2D eigenvalue weighted by molar-refractivity contribution is 7.20. The summed E-state index contributed by atoms with van der Waals surface area (Å²) >= 11 is 7.72. The van der Waals surface area contributed by atoms with Crippen LogP contribution in [-0.4, -0.2) is 40.0 Å². The number of benzene rings is 2. The van der Waals surface area contributed by atoms with Gasteiger partial charge in [0.15, 0.2) is 0 Å². The molecule has 3 heterocycles. The van der Waals surface area contributed by atoms with Crippen molar-refractivity contribution >= 4 is 50.0 Å². The molecule has 1 aliphatic rings. The van der Waals surface area contributed by atoms with Crippen LogP contribution >= 0.6 is 22.9 Å². The van der Waals surface area contributed by atoms with Gasteiger partial charge in [-0.3, -0.25) is 4.79 Å². The van der Waals surface area contributed by atoms with Crippen LogP contribution < -0.4 is 4.74 Å². The fourth-order valence-electron chi connectivity index (χ4n) is 3.86. The molecule has 0 spiro atoms. The number of carbonyl (C=O) groups excluding carboxylic acids is 1. The Labute approximate surface area is 177 Å². The van der Waals surface area contributed by atoms with Crippen LogP contribution in [0.3, 0.4) is 0 Å². The average molecular weight is 426 g/mol. The standard InChI is InChI=1S/C22H20ClN3O2S/c23-17-5-3-7-19-21(17)25-22(29-19)28-15-8-10-26(11-9-15)20(27)12-14-13-24-18-6-2-1-4-16(14)18/h1-7,13,15,24H,8-12H2. The first-order chi connectivity index (χ1) is 14.2. The second-order valence-electron chi connectivity index (χ2n) is 7.30. The van der Waals surface area contributed by atoms with Crippen molar-refractivity contribution in [3.63, 3.8) is 0 Å². The number of hydrogen-bond donors (Lipinski definition) is 1. The van der Waals surface area contributed by atoms with Crippen LogP contribution in [0.15, 0.2) is 48.7 Å². The number of piperidine rings is 1. The molecule has 148 valence electrons. The van der Waals surface area contributed by atoms with Crippen molar-refractivity contribution < 1.29 is 9.53 Å². The lowest BCUT2D eigenvalue weighted by atomic mass is 10.1. The SMILES string of the molecule is O=C(Cc1c[nH]c2ccccc12)N1CCC(Oc2nc3c(Cl)cccc3s2)CC1. The monoisotopic (exact) mass is 425 g/mol. The minimum absolute atomic E-state index is 0.0754. The lowest BCUT2D eigenvalue weighted by molar-refractivity contribution is -0.132. The molecule has 29 heavy (non-hydrogen) atoms. The van der Waals surface area contributed by atoms with Gasteiger partial charge in [0.2, 0.25) is 5.91 Å². The molecule has 1 amide bonds. The highest BCUT2D eigenvalue weighted by Crippen LogP contribution is 2.33. The van der Waals surface area contributed by atoms with E-state index in [1.165, 1.54) is 11.3 Å². The molecule has 1 N–H and O–H groups in total. The van der Waals surface area contributed by atoms with Crippen molar-refractivity contribution in [1.29, 1.82) is 0 Å². The number of ether oxygens (including phenoxy) is 1. The number of hydrogen-bond acceptors (Lipinski definition) is 4. The predicted molar refractivity (Wildman–Crippen MR) is 117 cm³/mol. The zero-order chi connectivity index (χ0) is 19.8. The molecule has 0 unspecified atom stereocenters. The molecular formula is C22H20ClN3O2S. The molecule has 4 aromatic rings. The van der Waals surface area contributed by atoms with Gasteiger partial charge < -0.3 is 14.6 Å². The predicted octanol–water partition coefficient (Wildman–Crippen LogP) is 5.04. The number of rotatable bonds is 4. The number of likely N-dealkylation sites (tertiary alicyclic amines) is 1. The van der Waals surface area contributed by atoms with Gasteiger partial charge in [-0.2, -0.15) is 0 Å². The van der Waals surface area contributed by atoms with Crippen LogP contribution in [0.1, 0.15) is 18.4 Å². The zero-order valence-electron chi connectivity index (χ0n) is 15.7. The maximum atomic E-state index is 12.8. The summed E-state index contributed by atoms with van der Waals surface area (Å²) in [5.41, 5.74) is 2.91. The third-order valence-electron chi connectivity index (χ3n) is 5.43. The molecule has 0 bridgehead atoms. The van der Waals surface area contributed by atoms with E-state index < -0.39 is 0 Å². The molecule has 2 aromatic carbocycles. The molecule has 0 saturated carbocycles. The molecule has 1 aliphatic heterocycles. The quantitative estimate of drug-likeness (QED) is 0.498. The van der Waals surface area contributed by atoms with E-state index in [1.54, 1.807) is 0 Å². The average Bonchev–Trinajstić information content (AvgIpc) is 3.33. The fourth-order valence-corrected chi connectivity index (χ4v) is 5.04. The first-order valence-electron chi connectivity index (χ1n) is 9.72. The molecule has 2 aromatic heterocycles. The summed E-state index contributed by atoms with van der Waals surface area (Å²) in [6, 6.07) is 13.8. The number of amides is 1. The van der Waals surface area contributed by atoms with Gasteiger partial charge in [0.25, 0.3) is 5.19 Å². The Hall–Kier alpha value is -2.57. The lowest BCUT2D eigenvalue weighted by Gasteiger charge is -2.31. The minimum atomic E-state index is 0.0754. The Morgan fingerprint density at radius 1 is 1.21 bits per heavy atom. The van der Waals surface area contributed by atoms with Crippen LogP contribution in [0.25, 0.3) is 21.1 Å². The van der Waals surface area contributed by atoms with E-state index in [1.807, 2.05) is 47.5 Å². The number of H-pyrrole nitrogens is 1. The van der Waals surface area contributed by atoms with Crippen molar-refractivity contribution in [1.82, 2.24) is 14.9 Å². The topological polar surface area (TPSA) is 58.2 Å². The maximum absolute atomic E-state index is 12.8. The Bertz CT molecular complexity index is 1180. The molecule has 7 heteroatoms. The van der Waals surface area contributed by atoms with Crippen LogP contribution in [0, 0.1) is 0 Å². The van der Waals surface area contributed by atoms with Gasteiger partial charge in [-0.25, -0.2) is 4.98 Å². The molecule has 5 rings (SSSR count). The smallest absolute Gasteiger partial charge is 0.274 e. The third-order valence-corrected chi connectivity index (χ3v) is 6.65. The van der Waals surface area contributed by atoms with E-state index in [2.05, 4.69) is 16.0 Å². The van der Waals surface area contributed by atoms with Gasteiger partial charge in [-0.15, -0.1) is 0 Å². The largest absolute Gasteiger partial charge is 0.467 e. The second-order valence-corrected chi connectivity index (χ2v) is 8.70. The number of para-hydroxylation sites is 2. The molecule has 1 saturated heterocycles. The highest BCUT2D eigenvalue weighted by atomic mass is 35.5. The summed E-state index contributed by atoms with van der Waals surface area (Å²) in [5.74, 6) is 0.167. The van der Waals surface area contributed by atoms with E-state index in [9.17, 15) is 4.79 Å². The summed E-state index contributed by atoms with van der Waals surface area (Å²) in [5, 5.41) is 2.41. The van der Waals surface area contributed by atoms with Gasteiger partial charge in [0.1, 0.15) is 11.6 Å². The molecule has 0 radical (unpaired) electrons. The number of aromatic nitrogens is 2. The summed E-state index contributed by atoms with van der Waals surface area (Å²) < 4.78 is 7.12. The Morgan fingerprint density at radius 2 is 2.03 bits per heavy atom. The van der Waals surface area contributed by atoms with Gasteiger partial charge >= 0.3 is 0 Å². The fraction of sp³-hybridized carbons (Fsp3) is 0.273. The number of carbonyl (C=O) groups is 1. The van der Waals surface area contributed by atoms with Crippen LogP contribution in [-0.2, 0) is 11.2 Å². The van der Waals surface area contributed by atoms with Gasteiger partial charge in [-0.05, 0) is 23.8 Å². The van der Waals surface area contributed by atoms with Crippen LogP contribution in [0.4, 0.5) is 0 Å². The van der Waals surface area contributed by atoms with E-state index in [0.717, 1.165) is 39.5 Å². The summed E-state index contributed by atoms with van der Waals surface area (Å²) in [6.07, 6.45) is 4.06. The third kappa shape index (κ3) is 3.70. The summed E-state index contributed by atoms with van der Waals surface area (Å²) in [4.78, 5) is 22.5. The molecular weight excluding hydrogens is 406 g/mol. The summed E-state index contributed by atoms with van der Waals surface area (Å²) in [7, 11) is 0. The van der Waals surface area contributed by atoms with Crippen molar-refractivity contribution in [2.45, 2.75) is 25.4 Å². The molecule has 1 fully saturated rings. The van der Waals surface area contributed by atoms with Crippen molar-refractivity contribution in [2.75, 3.05) is 13.1 Å². The van der Waals surface area contributed by atoms with Crippen LogP contribution in [0.5, 0.6) is 5.19 Å². The number of nitrogens with zero attached hydrogens (tertiary/aromatic N) is 2. The normalized spacial score (nSPS) is 15.3. The number of fused-ring (bicyclic) bond motifs is 2. The van der Waals surface area contributed by atoms with E-state index >= 15 is 0 Å². The maximum Gasteiger partial charge on any atom is 0.274 e. The Kier molecular flexibility index (Phi) is 4.89. The van der Waals surface area contributed by atoms with Crippen molar-refractivity contribution in [3.05, 3.63) is 59.2 Å². The van der Waals surface area contributed by atoms with E-state index in [4.69, 9.17) is 16.3 Å². The van der Waals surface area contributed by atoms with Crippen LogP contribution in [0.2, 0.25) is 5.02 Å². The number of aromatic amines is 1. The molecule has 0 atom stereocenters. The minimum Gasteiger partial charge on any atom is -0.467 e. The first-order valence-corrected chi connectivity index (χ1v) is 10.9. The number of halogens is 1. The van der Waals surface area contributed by atoms with E-state index in [-0.39, 0.29) is 12.0 Å². The first kappa shape index (κ1) is 18.5.